The Bertz CT molecular complexity index is 601. The Labute approximate surface area is 124 Å². The molecule has 2 aromatic carbocycles. The molecule has 3 N–H and O–H groups in total. The topological polar surface area (TPSA) is 47.3 Å². The molecule has 2 rings (SSSR count). The molecule has 4 heteroatoms. The van der Waals surface area contributed by atoms with Crippen molar-refractivity contribution >= 4 is 0 Å². The molecule has 0 amide bonds. The summed E-state index contributed by atoms with van der Waals surface area (Å²) in [5.41, 5.74) is 6.00. The lowest BCUT2D eigenvalue weighted by Gasteiger charge is -2.18. The van der Waals surface area contributed by atoms with E-state index in [0.29, 0.717) is 6.42 Å². The summed E-state index contributed by atoms with van der Waals surface area (Å²) < 4.78 is 18.6. The standard InChI is InChI=1S/C17H21FN2O/c1-12-6-7-17(21-2)14(8-12)11-16(20-19)10-13-4-3-5-15(18)9-13/h3-9,16,20H,10-11,19H2,1-2H3. The Kier molecular flexibility index (Phi) is 5.31. The van der Waals surface area contributed by atoms with Gasteiger partial charge in [0.15, 0.2) is 0 Å². The number of nitrogens with two attached hydrogens (primary N) is 1. The Hall–Kier alpha value is -1.91. The van der Waals surface area contributed by atoms with Gasteiger partial charge in [-0.2, -0.15) is 0 Å². The molecular formula is C17H21FN2O. The van der Waals surface area contributed by atoms with Crippen LogP contribution >= 0.6 is 0 Å². The third kappa shape index (κ3) is 4.28. The van der Waals surface area contributed by atoms with E-state index in [0.717, 1.165) is 23.3 Å². The maximum absolute atomic E-state index is 13.2. The molecule has 0 aliphatic rings. The number of hydrazine groups is 1. The summed E-state index contributed by atoms with van der Waals surface area (Å²) in [4.78, 5) is 0. The van der Waals surface area contributed by atoms with E-state index in [1.165, 1.54) is 17.7 Å². The van der Waals surface area contributed by atoms with Crippen molar-refractivity contribution in [2.45, 2.75) is 25.8 Å². The first-order valence-electron chi connectivity index (χ1n) is 6.96. The minimum Gasteiger partial charge on any atom is -0.496 e. The molecule has 0 aliphatic heterocycles. The van der Waals surface area contributed by atoms with E-state index < -0.39 is 0 Å². The van der Waals surface area contributed by atoms with E-state index in [9.17, 15) is 4.39 Å². The maximum Gasteiger partial charge on any atom is 0.123 e. The van der Waals surface area contributed by atoms with Crippen LogP contribution in [0.5, 0.6) is 5.75 Å². The fourth-order valence-corrected chi connectivity index (χ4v) is 2.47. The Morgan fingerprint density at radius 2 is 2.00 bits per heavy atom. The molecule has 21 heavy (non-hydrogen) atoms. The summed E-state index contributed by atoms with van der Waals surface area (Å²) in [6.45, 7) is 2.04. The van der Waals surface area contributed by atoms with Crippen molar-refractivity contribution in [1.82, 2.24) is 5.43 Å². The number of hydrogen-bond donors (Lipinski definition) is 2. The van der Waals surface area contributed by atoms with Crippen molar-refractivity contribution in [1.29, 1.82) is 0 Å². The molecule has 0 aromatic heterocycles. The van der Waals surface area contributed by atoms with Crippen molar-refractivity contribution in [3.05, 3.63) is 65.0 Å². The van der Waals surface area contributed by atoms with Gasteiger partial charge in [-0.3, -0.25) is 11.3 Å². The number of aryl methyl sites for hydroxylation is 1. The van der Waals surface area contributed by atoms with Crippen molar-refractivity contribution < 1.29 is 9.13 Å². The van der Waals surface area contributed by atoms with Crippen LogP contribution in [0.2, 0.25) is 0 Å². The van der Waals surface area contributed by atoms with Crippen LogP contribution in [0, 0.1) is 12.7 Å². The molecule has 1 atom stereocenters. The van der Waals surface area contributed by atoms with E-state index >= 15 is 0 Å². The monoisotopic (exact) mass is 288 g/mol. The minimum absolute atomic E-state index is 0.0162. The van der Waals surface area contributed by atoms with E-state index in [1.54, 1.807) is 13.2 Å². The second-order valence-electron chi connectivity index (χ2n) is 5.22. The first-order chi connectivity index (χ1) is 10.1. The predicted molar refractivity (Wildman–Crippen MR) is 82.7 cm³/mol. The van der Waals surface area contributed by atoms with Gasteiger partial charge >= 0.3 is 0 Å². The fourth-order valence-electron chi connectivity index (χ4n) is 2.47. The van der Waals surface area contributed by atoms with Crippen molar-refractivity contribution in [3.63, 3.8) is 0 Å². The molecule has 0 heterocycles. The zero-order valence-electron chi connectivity index (χ0n) is 12.4. The van der Waals surface area contributed by atoms with E-state index in [-0.39, 0.29) is 11.9 Å². The van der Waals surface area contributed by atoms with Crippen LogP contribution in [-0.4, -0.2) is 13.2 Å². The molecule has 0 saturated heterocycles. The van der Waals surface area contributed by atoms with Crippen LogP contribution in [0.4, 0.5) is 4.39 Å². The zero-order chi connectivity index (χ0) is 15.2. The third-order valence-electron chi connectivity index (χ3n) is 3.51. The number of hydrogen-bond acceptors (Lipinski definition) is 3. The van der Waals surface area contributed by atoms with Gasteiger partial charge in [0.05, 0.1) is 7.11 Å². The average molecular weight is 288 g/mol. The molecule has 2 aromatic rings. The lowest BCUT2D eigenvalue weighted by molar-refractivity contribution is 0.404. The van der Waals surface area contributed by atoms with Crippen LogP contribution in [0.15, 0.2) is 42.5 Å². The molecule has 3 nitrogen and oxygen atoms in total. The molecule has 112 valence electrons. The number of ether oxygens (including phenoxy) is 1. The van der Waals surface area contributed by atoms with Gasteiger partial charge < -0.3 is 4.74 Å². The van der Waals surface area contributed by atoms with E-state index in [2.05, 4.69) is 11.5 Å². The Morgan fingerprint density at radius 1 is 1.19 bits per heavy atom. The number of methoxy groups -OCH3 is 1. The van der Waals surface area contributed by atoms with Gasteiger partial charge in [-0.25, -0.2) is 4.39 Å². The van der Waals surface area contributed by atoms with Gasteiger partial charge in [0.25, 0.3) is 0 Å². The normalized spacial score (nSPS) is 12.2. The SMILES string of the molecule is COc1ccc(C)cc1CC(Cc1cccc(F)c1)NN. The van der Waals surface area contributed by atoms with E-state index in [1.807, 2.05) is 25.1 Å². The van der Waals surface area contributed by atoms with Gasteiger partial charge in [-0.15, -0.1) is 0 Å². The first-order valence-corrected chi connectivity index (χ1v) is 6.96. The van der Waals surface area contributed by atoms with Crippen molar-refractivity contribution in [2.75, 3.05) is 7.11 Å². The minimum atomic E-state index is -0.226. The Morgan fingerprint density at radius 3 is 2.67 bits per heavy atom. The smallest absolute Gasteiger partial charge is 0.123 e. The molecule has 0 bridgehead atoms. The first kappa shape index (κ1) is 15.5. The van der Waals surface area contributed by atoms with Gasteiger partial charge in [0.2, 0.25) is 0 Å². The van der Waals surface area contributed by atoms with Crippen LogP contribution < -0.4 is 16.0 Å². The molecule has 0 saturated carbocycles. The van der Waals surface area contributed by atoms with E-state index in [4.69, 9.17) is 10.6 Å². The summed E-state index contributed by atoms with van der Waals surface area (Å²) in [6, 6.07) is 12.7. The number of nitrogens with one attached hydrogen (secondary N) is 1. The van der Waals surface area contributed by atoms with Gasteiger partial charge in [0.1, 0.15) is 11.6 Å². The summed E-state index contributed by atoms with van der Waals surface area (Å²) in [5, 5.41) is 0. The van der Waals surface area contributed by atoms with Crippen LogP contribution in [0.1, 0.15) is 16.7 Å². The fraction of sp³-hybridized carbons (Fsp3) is 0.294. The largest absolute Gasteiger partial charge is 0.496 e. The van der Waals surface area contributed by atoms with Crippen molar-refractivity contribution in [2.24, 2.45) is 5.84 Å². The second kappa shape index (κ2) is 7.20. The number of benzene rings is 2. The quantitative estimate of drug-likeness (QED) is 0.635. The average Bonchev–Trinajstić information content (AvgIpc) is 2.47. The third-order valence-corrected chi connectivity index (χ3v) is 3.51. The summed E-state index contributed by atoms with van der Waals surface area (Å²) in [7, 11) is 1.66. The number of halogens is 1. The highest BCUT2D eigenvalue weighted by molar-refractivity contribution is 5.37. The molecule has 0 fully saturated rings. The van der Waals surface area contributed by atoms with Crippen LogP contribution in [0.3, 0.4) is 0 Å². The summed E-state index contributed by atoms with van der Waals surface area (Å²) in [6.07, 6.45) is 1.38. The van der Waals surface area contributed by atoms with Crippen molar-refractivity contribution in [3.8, 4) is 5.75 Å². The second-order valence-corrected chi connectivity index (χ2v) is 5.22. The lowest BCUT2D eigenvalue weighted by Crippen LogP contribution is -2.38. The van der Waals surface area contributed by atoms with Gasteiger partial charge in [-0.1, -0.05) is 29.8 Å². The lowest BCUT2D eigenvalue weighted by atomic mass is 9.98. The highest BCUT2D eigenvalue weighted by atomic mass is 19.1. The van der Waals surface area contributed by atoms with Gasteiger partial charge in [-0.05, 0) is 49.1 Å². The molecule has 0 aliphatic carbocycles. The summed E-state index contributed by atoms with van der Waals surface area (Å²) >= 11 is 0. The Balaban J connectivity index is 2.14. The van der Waals surface area contributed by atoms with Gasteiger partial charge in [0, 0.05) is 6.04 Å². The molecule has 0 radical (unpaired) electrons. The zero-order valence-corrected chi connectivity index (χ0v) is 12.4. The highest BCUT2D eigenvalue weighted by Gasteiger charge is 2.13. The van der Waals surface area contributed by atoms with Crippen LogP contribution in [0.25, 0.3) is 0 Å². The highest BCUT2D eigenvalue weighted by Crippen LogP contribution is 2.22. The summed E-state index contributed by atoms with van der Waals surface area (Å²) in [5.74, 6) is 6.27. The molecule has 0 spiro atoms. The van der Waals surface area contributed by atoms with Crippen LogP contribution in [-0.2, 0) is 12.8 Å². The number of rotatable bonds is 6. The maximum atomic E-state index is 13.2. The molecular weight excluding hydrogens is 267 g/mol. The predicted octanol–water partition coefficient (Wildman–Crippen LogP) is 2.76. The molecule has 1 unspecified atom stereocenters.